The zero-order valence-corrected chi connectivity index (χ0v) is 19.2. The van der Waals surface area contributed by atoms with Crippen molar-refractivity contribution in [3.63, 3.8) is 0 Å². The summed E-state index contributed by atoms with van der Waals surface area (Å²) >= 11 is 0. The number of nitrogens with one attached hydrogen (secondary N) is 1. The maximum atomic E-state index is 13.3. The summed E-state index contributed by atoms with van der Waals surface area (Å²) < 4.78 is 39.0. The number of benzene rings is 2. The third kappa shape index (κ3) is 4.06. The van der Waals surface area contributed by atoms with E-state index in [1.165, 1.54) is 0 Å². The zero-order valence-electron chi connectivity index (χ0n) is 17.5. The smallest absolute Gasteiger partial charge is 0.240 e. The topological polar surface area (TPSA) is 145 Å². The predicted octanol–water partition coefficient (Wildman–Crippen LogP) is 3.03. The second-order valence-corrected chi connectivity index (χ2v) is 10.4. The minimum absolute atomic E-state index is 0.0422. The van der Waals surface area contributed by atoms with Gasteiger partial charge in [0.15, 0.2) is 0 Å². The van der Waals surface area contributed by atoms with Crippen LogP contribution in [0.25, 0.3) is 33.4 Å². The lowest BCUT2D eigenvalue weighted by molar-refractivity contribution is 0.594. The van der Waals surface area contributed by atoms with Gasteiger partial charge in [0, 0.05) is 22.4 Å². The normalized spacial score (nSPS) is 13.0. The first kappa shape index (κ1) is 22.2. The van der Waals surface area contributed by atoms with Crippen LogP contribution in [0.4, 0.5) is 0 Å². The molecule has 1 atom stereocenters. The van der Waals surface area contributed by atoms with Crippen molar-refractivity contribution in [1.29, 1.82) is 0 Å². The Hall–Kier alpha value is -3.02. The van der Waals surface area contributed by atoms with Crippen molar-refractivity contribution in [3.8, 4) is 22.5 Å². The Bertz CT molecular complexity index is 1400. The quantitative estimate of drug-likeness (QED) is 0.422. The van der Waals surface area contributed by atoms with Gasteiger partial charge in [-0.2, -0.15) is 5.21 Å². The molecule has 9 nitrogen and oxygen atoms in total. The maximum absolute atomic E-state index is 13.3. The van der Waals surface area contributed by atoms with Crippen LogP contribution in [0.3, 0.4) is 0 Å². The van der Waals surface area contributed by atoms with Crippen LogP contribution in [0.5, 0.6) is 0 Å². The predicted molar refractivity (Wildman–Crippen MR) is 123 cm³/mol. The number of para-hydroxylation sites is 1. The van der Waals surface area contributed by atoms with Gasteiger partial charge in [-0.05, 0) is 41.8 Å². The van der Waals surface area contributed by atoms with E-state index in [1.807, 2.05) is 44.2 Å². The van der Waals surface area contributed by atoms with Crippen LogP contribution < -0.4 is 5.14 Å². The minimum Gasteiger partial charge on any atom is -0.256 e. The molecule has 166 valence electrons. The molecule has 2 heterocycles. The summed E-state index contributed by atoms with van der Waals surface area (Å²) in [6, 6.07) is 12.7. The van der Waals surface area contributed by atoms with Gasteiger partial charge in [0.1, 0.15) is 4.90 Å². The van der Waals surface area contributed by atoms with Crippen LogP contribution in [-0.2, 0) is 20.8 Å². The van der Waals surface area contributed by atoms with Gasteiger partial charge >= 0.3 is 0 Å². The van der Waals surface area contributed by atoms with E-state index in [0.29, 0.717) is 24.0 Å². The fourth-order valence-corrected chi connectivity index (χ4v) is 6.60. The highest BCUT2D eigenvalue weighted by molar-refractivity contribution is 7.91. The highest BCUT2D eigenvalue weighted by atomic mass is 32.2. The average Bonchev–Trinajstić information content (AvgIpc) is 3.32. The van der Waals surface area contributed by atoms with Crippen molar-refractivity contribution >= 4 is 31.7 Å². The number of sulfonamides is 1. The van der Waals surface area contributed by atoms with Gasteiger partial charge in [-0.1, -0.05) is 38.1 Å². The molecule has 2 aromatic heterocycles. The molecule has 11 heteroatoms. The van der Waals surface area contributed by atoms with Crippen molar-refractivity contribution in [2.45, 2.75) is 41.7 Å². The van der Waals surface area contributed by atoms with Crippen LogP contribution in [0.1, 0.15) is 26.7 Å². The molecule has 1 unspecified atom stereocenters. The fourth-order valence-electron chi connectivity index (χ4n) is 3.72. The van der Waals surface area contributed by atoms with Gasteiger partial charge in [-0.15, -0.1) is 10.2 Å². The molecule has 0 fully saturated rings. The van der Waals surface area contributed by atoms with Crippen molar-refractivity contribution < 1.29 is 12.6 Å². The SMILES string of the molecule is CCC(CC)S(=O)c1ccc(-c2cnc3ccccc3c2)c(-c2nn[nH]n2)c1S(N)(=O)=O. The summed E-state index contributed by atoms with van der Waals surface area (Å²) in [5.74, 6) is 0.0422. The number of tetrazole rings is 1. The third-order valence-corrected chi connectivity index (χ3v) is 8.47. The summed E-state index contributed by atoms with van der Waals surface area (Å²) in [4.78, 5) is 4.36. The number of pyridine rings is 1. The van der Waals surface area contributed by atoms with Crippen LogP contribution in [0, 0.1) is 0 Å². The molecule has 0 saturated heterocycles. The fraction of sp³-hybridized carbons (Fsp3) is 0.238. The molecule has 4 aromatic rings. The largest absolute Gasteiger partial charge is 0.256 e. The number of nitrogens with two attached hydrogens (primary N) is 1. The number of fused-ring (bicyclic) bond motifs is 1. The van der Waals surface area contributed by atoms with E-state index in [1.54, 1.807) is 18.3 Å². The Balaban J connectivity index is 2.06. The van der Waals surface area contributed by atoms with Gasteiger partial charge in [0.05, 0.1) is 26.8 Å². The molecule has 0 aliphatic carbocycles. The summed E-state index contributed by atoms with van der Waals surface area (Å²) in [5, 5.41) is 20.3. The number of rotatable bonds is 7. The molecule has 32 heavy (non-hydrogen) atoms. The van der Waals surface area contributed by atoms with Crippen LogP contribution in [0.15, 0.2) is 58.5 Å². The van der Waals surface area contributed by atoms with Gasteiger partial charge < -0.3 is 0 Å². The van der Waals surface area contributed by atoms with Crippen LogP contribution in [0.2, 0.25) is 0 Å². The lowest BCUT2D eigenvalue weighted by Crippen LogP contribution is -2.21. The summed E-state index contributed by atoms with van der Waals surface area (Å²) in [5.41, 5.74) is 2.10. The Kier molecular flexibility index (Phi) is 6.13. The van der Waals surface area contributed by atoms with E-state index in [4.69, 9.17) is 5.14 Å². The molecule has 3 N–H and O–H groups in total. The van der Waals surface area contributed by atoms with E-state index in [9.17, 15) is 12.6 Å². The average molecular weight is 471 g/mol. The van der Waals surface area contributed by atoms with Crippen LogP contribution in [-0.4, -0.2) is 43.5 Å². The first-order valence-corrected chi connectivity index (χ1v) is 12.8. The number of aromatic nitrogens is 5. The van der Waals surface area contributed by atoms with Crippen molar-refractivity contribution in [2.24, 2.45) is 5.14 Å². The summed E-state index contributed by atoms with van der Waals surface area (Å²) in [6.45, 7) is 3.83. The number of hydrogen-bond acceptors (Lipinski definition) is 7. The van der Waals surface area contributed by atoms with E-state index in [0.717, 1.165) is 10.9 Å². The Labute approximate surface area is 188 Å². The molecule has 0 amide bonds. The first-order chi connectivity index (χ1) is 15.3. The van der Waals surface area contributed by atoms with Crippen molar-refractivity contribution in [3.05, 3.63) is 48.7 Å². The molecule has 0 aliphatic heterocycles. The number of H-pyrrole nitrogens is 1. The zero-order chi connectivity index (χ0) is 22.9. The molecule has 0 radical (unpaired) electrons. The van der Waals surface area contributed by atoms with E-state index in [2.05, 4.69) is 25.6 Å². The van der Waals surface area contributed by atoms with Crippen molar-refractivity contribution in [1.82, 2.24) is 25.6 Å². The van der Waals surface area contributed by atoms with Crippen LogP contribution >= 0.6 is 0 Å². The number of primary sulfonamides is 1. The van der Waals surface area contributed by atoms with Gasteiger partial charge in [0.2, 0.25) is 15.8 Å². The van der Waals surface area contributed by atoms with E-state index >= 15 is 0 Å². The molecular weight excluding hydrogens is 448 g/mol. The standard InChI is InChI=1S/C21H22N6O3S2/c1-3-15(4-2)31(28)18-10-9-16(14-11-13-7-5-6-8-17(13)23-12-14)19(20(18)32(22,29)30)21-24-26-27-25-21/h5-12,15H,3-4H2,1-2H3,(H2,22,29,30)(H,24,25,26,27). The lowest BCUT2D eigenvalue weighted by Gasteiger charge is -2.19. The first-order valence-electron chi connectivity index (χ1n) is 10.0. The van der Waals surface area contributed by atoms with Gasteiger partial charge in [-0.3, -0.25) is 9.19 Å². The third-order valence-electron chi connectivity index (χ3n) is 5.31. The highest BCUT2D eigenvalue weighted by Gasteiger charge is 2.30. The molecule has 0 bridgehead atoms. The second-order valence-electron chi connectivity index (χ2n) is 7.25. The maximum Gasteiger partial charge on any atom is 0.240 e. The molecule has 0 aliphatic rings. The highest BCUT2D eigenvalue weighted by Crippen LogP contribution is 2.39. The van der Waals surface area contributed by atoms with E-state index < -0.39 is 20.8 Å². The summed E-state index contributed by atoms with van der Waals surface area (Å²) in [6.07, 6.45) is 2.90. The Morgan fingerprint density at radius 2 is 1.88 bits per heavy atom. The van der Waals surface area contributed by atoms with Gasteiger partial charge in [0.25, 0.3) is 0 Å². The monoisotopic (exact) mass is 470 g/mol. The number of hydrogen-bond donors (Lipinski definition) is 2. The number of nitrogens with zero attached hydrogens (tertiary/aromatic N) is 4. The lowest BCUT2D eigenvalue weighted by atomic mass is 9.99. The molecule has 4 rings (SSSR count). The second kappa shape index (κ2) is 8.85. The molecule has 0 spiro atoms. The molecule has 0 saturated carbocycles. The van der Waals surface area contributed by atoms with Gasteiger partial charge in [-0.25, -0.2) is 13.6 Å². The van der Waals surface area contributed by atoms with Crippen molar-refractivity contribution in [2.75, 3.05) is 0 Å². The number of aromatic amines is 1. The Morgan fingerprint density at radius 3 is 2.53 bits per heavy atom. The Morgan fingerprint density at radius 1 is 1.12 bits per heavy atom. The summed E-state index contributed by atoms with van der Waals surface area (Å²) in [7, 11) is -5.89. The minimum atomic E-state index is -4.29. The van der Waals surface area contributed by atoms with E-state index in [-0.39, 0.29) is 26.4 Å². The molecule has 2 aromatic carbocycles. The molecular formula is C21H22N6O3S2.